The monoisotopic (exact) mass is 285 g/mol. The van der Waals surface area contributed by atoms with E-state index in [1.54, 1.807) is 0 Å². The first-order chi connectivity index (χ1) is 9.94. The number of benzene rings is 1. The normalized spacial score (nSPS) is 17.1. The fraction of sp³-hybridized carbons (Fsp3) is 0.526. The minimum absolute atomic E-state index is 0.0632. The highest BCUT2D eigenvalue weighted by Crippen LogP contribution is 2.19. The first-order valence-electron chi connectivity index (χ1n) is 8.04. The van der Waals surface area contributed by atoms with E-state index in [2.05, 4.69) is 38.2 Å². The molecule has 1 N–H and O–H groups in total. The van der Waals surface area contributed by atoms with Gasteiger partial charge >= 0.3 is 0 Å². The molecule has 1 aliphatic rings. The summed E-state index contributed by atoms with van der Waals surface area (Å²) in [5.41, 5.74) is 2.07. The summed E-state index contributed by atoms with van der Waals surface area (Å²) in [5.74, 6) is 0.0632. The smallest absolute Gasteiger partial charge is 0.251 e. The largest absolute Gasteiger partial charge is 0.349 e. The molecule has 1 aliphatic carbocycles. The Morgan fingerprint density at radius 1 is 1.10 bits per heavy atom. The summed E-state index contributed by atoms with van der Waals surface area (Å²) in [6.45, 7) is 6.53. The molecule has 2 nitrogen and oxygen atoms in total. The van der Waals surface area contributed by atoms with Gasteiger partial charge in [0.25, 0.3) is 5.91 Å². The topological polar surface area (TPSA) is 29.1 Å². The lowest BCUT2D eigenvalue weighted by Crippen LogP contribution is -2.36. The molecule has 0 aliphatic heterocycles. The van der Waals surface area contributed by atoms with Gasteiger partial charge in [0.1, 0.15) is 0 Å². The second kappa shape index (κ2) is 6.93. The molecule has 21 heavy (non-hydrogen) atoms. The van der Waals surface area contributed by atoms with Crippen LogP contribution in [0.3, 0.4) is 0 Å². The average Bonchev–Trinajstić information content (AvgIpc) is 2.46. The minimum atomic E-state index is 0.0632. The third-order valence-electron chi connectivity index (χ3n) is 3.89. The molecule has 0 saturated heterocycles. The molecule has 0 atom stereocenters. The third-order valence-corrected chi connectivity index (χ3v) is 3.89. The maximum absolute atomic E-state index is 12.2. The van der Waals surface area contributed by atoms with Gasteiger partial charge in [-0.05, 0) is 36.0 Å². The number of rotatable bonds is 3. The molecule has 1 amide bonds. The number of hydrogen-bond donors (Lipinski definition) is 1. The van der Waals surface area contributed by atoms with Crippen LogP contribution in [0.5, 0.6) is 0 Å². The zero-order chi connectivity index (χ0) is 15.3. The molecule has 0 heterocycles. The van der Waals surface area contributed by atoms with E-state index < -0.39 is 0 Å². The van der Waals surface area contributed by atoms with Crippen molar-refractivity contribution >= 4 is 12.0 Å². The molecule has 1 aromatic carbocycles. The van der Waals surface area contributed by atoms with Crippen molar-refractivity contribution in [1.82, 2.24) is 5.32 Å². The van der Waals surface area contributed by atoms with Crippen molar-refractivity contribution in [2.75, 3.05) is 0 Å². The first kappa shape index (κ1) is 15.8. The van der Waals surface area contributed by atoms with E-state index >= 15 is 0 Å². The van der Waals surface area contributed by atoms with Crippen molar-refractivity contribution in [1.29, 1.82) is 0 Å². The number of allylic oxidation sites excluding steroid dienone is 1. The molecule has 0 radical (unpaired) electrons. The minimum Gasteiger partial charge on any atom is -0.349 e. The molecular formula is C19H27NO. The Kier molecular flexibility index (Phi) is 5.22. The van der Waals surface area contributed by atoms with Crippen LogP contribution in [0.4, 0.5) is 0 Å². The van der Waals surface area contributed by atoms with Crippen molar-refractivity contribution in [3.8, 4) is 0 Å². The predicted molar refractivity (Wildman–Crippen MR) is 89.3 cm³/mol. The van der Waals surface area contributed by atoms with E-state index in [1.807, 2.05) is 24.3 Å². The van der Waals surface area contributed by atoms with E-state index in [0.29, 0.717) is 6.04 Å². The zero-order valence-corrected chi connectivity index (χ0v) is 13.5. The summed E-state index contributed by atoms with van der Waals surface area (Å²) in [4.78, 5) is 12.2. The highest BCUT2D eigenvalue weighted by atomic mass is 16.1. The second-order valence-corrected chi connectivity index (χ2v) is 7.13. The van der Waals surface area contributed by atoms with Crippen LogP contribution in [0.1, 0.15) is 68.8 Å². The predicted octanol–water partition coefficient (Wildman–Crippen LogP) is 4.81. The lowest BCUT2D eigenvalue weighted by molar-refractivity contribution is 0.0927. The molecule has 1 saturated carbocycles. The lowest BCUT2D eigenvalue weighted by Gasteiger charge is -2.22. The fourth-order valence-electron chi connectivity index (χ4n) is 2.61. The standard InChI is InChI=1S/C19H27NO/c1-19(2,3)14-13-15-9-11-16(12-10-15)18(21)20-17-7-5-4-6-8-17/h9-14,17H,4-8H2,1-3H3,(H,20,21). The number of carbonyl (C=O) groups is 1. The van der Waals surface area contributed by atoms with Gasteiger partial charge in [0.2, 0.25) is 0 Å². The molecule has 1 fully saturated rings. The number of nitrogens with one attached hydrogen (secondary N) is 1. The van der Waals surface area contributed by atoms with Crippen LogP contribution < -0.4 is 5.32 Å². The van der Waals surface area contributed by atoms with Crippen LogP contribution >= 0.6 is 0 Å². The molecule has 114 valence electrons. The van der Waals surface area contributed by atoms with Crippen molar-refractivity contribution in [3.63, 3.8) is 0 Å². The van der Waals surface area contributed by atoms with Crippen molar-refractivity contribution < 1.29 is 4.79 Å². The Labute approximate surface area is 128 Å². The molecule has 0 spiro atoms. The van der Waals surface area contributed by atoms with Crippen LogP contribution in [0.15, 0.2) is 30.3 Å². The summed E-state index contributed by atoms with van der Waals surface area (Å²) in [6, 6.07) is 8.23. The van der Waals surface area contributed by atoms with Gasteiger partial charge in [-0.15, -0.1) is 0 Å². The molecular weight excluding hydrogens is 258 g/mol. The number of carbonyl (C=O) groups excluding carboxylic acids is 1. The van der Waals surface area contributed by atoms with Crippen LogP contribution in [-0.4, -0.2) is 11.9 Å². The van der Waals surface area contributed by atoms with Gasteiger partial charge in [-0.2, -0.15) is 0 Å². The van der Waals surface area contributed by atoms with Gasteiger partial charge in [0.15, 0.2) is 0 Å². The molecule has 1 aromatic rings. The second-order valence-electron chi connectivity index (χ2n) is 7.13. The third kappa shape index (κ3) is 5.37. The van der Waals surface area contributed by atoms with Crippen molar-refractivity contribution in [3.05, 3.63) is 41.5 Å². The maximum atomic E-state index is 12.2. The Morgan fingerprint density at radius 2 is 1.71 bits per heavy atom. The van der Waals surface area contributed by atoms with E-state index in [-0.39, 0.29) is 11.3 Å². The number of amides is 1. The highest BCUT2D eigenvalue weighted by molar-refractivity contribution is 5.94. The Balaban J connectivity index is 1.94. The summed E-state index contributed by atoms with van der Waals surface area (Å²) in [6.07, 6.45) is 10.3. The molecule has 2 rings (SSSR count). The first-order valence-corrected chi connectivity index (χ1v) is 8.04. The summed E-state index contributed by atoms with van der Waals surface area (Å²) in [5, 5.41) is 3.15. The molecule has 0 aromatic heterocycles. The Bertz CT molecular complexity index is 487. The van der Waals surface area contributed by atoms with Gasteiger partial charge in [-0.1, -0.05) is 64.3 Å². The van der Waals surface area contributed by atoms with E-state index in [4.69, 9.17) is 0 Å². The lowest BCUT2D eigenvalue weighted by atomic mass is 9.95. The van der Waals surface area contributed by atoms with Crippen molar-refractivity contribution in [2.24, 2.45) is 5.41 Å². The summed E-state index contributed by atoms with van der Waals surface area (Å²) < 4.78 is 0. The van der Waals surface area contributed by atoms with Gasteiger partial charge in [0, 0.05) is 11.6 Å². The number of hydrogen-bond acceptors (Lipinski definition) is 1. The summed E-state index contributed by atoms with van der Waals surface area (Å²) >= 11 is 0. The summed E-state index contributed by atoms with van der Waals surface area (Å²) in [7, 11) is 0. The molecule has 0 unspecified atom stereocenters. The fourth-order valence-corrected chi connectivity index (χ4v) is 2.61. The molecule has 2 heteroatoms. The van der Waals surface area contributed by atoms with Crippen LogP contribution in [0.2, 0.25) is 0 Å². The van der Waals surface area contributed by atoms with Crippen LogP contribution in [0, 0.1) is 5.41 Å². The van der Waals surface area contributed by atoms with Crippen LogP contribution in [0.25, 0.3) is 6.08 Å². The van der Waals surface area contributed by atoms with E-state index in [1.165, 1.54) is 19.3 Å². The maximum Gasteiger partial charge on any atom is 0.251 e. The highest BCUT2D eigenvalue weighted by Gasteiger charge is 2.16. The van der Waals surface area contributed by atoms with E-state index in [9.17, 15) is 4.79 Å². The van der Waals surface area contributed by atoms with Gasteiger partial charge in [0.05, 0.1) is 0 Å². The van der Waals surface area contributed by atoms with Gasteiger partial charge in [-0.3, -0.25) is 4.79 Å². The van der Waals surface area contributed by atoms with Crippen LogP contribution in [-0.2, 0) is 0 Å². The van der Waals surface area contributed by atoms with Crippen molar-refractivity contribution in [2.45, 2.75) is 58.9 Å². The average molecular weight is 285 g/mol. The van der Waals surface area contributed by atoms with Gasteiger partial charge in [-0.25, -0.2) is 0 Å². The zero-order valence-electron chi connectivity index (χ0n) is 13.5. The SMILES string of the molecule is CC(C)(C)C=Cc1ccc(C(=O)NC2CCCCC2)cc1. The Hall–Kier alpha value is -1.57. The van der Waals surface area contributed by atoms with Gasteiger partial charge < -0.3 is 5.32 Å². The van der Waals surface area contributed by atoms with E-state index in [0.717, 1.165) is 24.0 Å². The molecule has 0 bridgehead atoms. The quantitative estimate of drug-likeness (QED) is 0.848. The Morgan fingerprint density at radius 3 is 2.29 bits per heavy atom.